The van der Waals surface area contributed by atoms with Gasteiger partial charge >= 0.3 is 0 Å². The van der Waals surface area contributed by atoms with E-state index in [1.165, 1.54) is 49.1 Å². The third-order valence-corrected chi connectivity index (χ3v) is 8.73. The minimum atomic E-state index is -0.165. The van der Waals surface area contributed by atoms with Crippen molar-refractivity contribution in [3.05, 3.63) is 113 Å². The lowest BCUT2D eigenvalue weighted by Crippen LogP contribution is -2.27. The summed E-state index contributed by atoms with van der Waals surface area (Å²) in [4.78, 5) is 6.97. The van der Waals surface area contributed by atoms with Crippen molar-refractivity contribution in [1.29, 1.82) is 0 Å². The molecule has 0 saturated heterocycles. The van der Waals surface area contributed by atoms with Crippen molar-refractivity contribution in [2.24, 2.45) is 0 Å². The Morgan fingerprint density at radius 1 is 0.841 bits per heavy atom. The first kappa shape index (κ1) is 29.8. The zero-order valence-electron chi connectivity index (χ0n) is 25.7. The largest absolute Gasteiger partial charge is 0.344 e. The first-order valence-corrected chi connectivity index (χ1v) is 16.1. The number of aromatic nitrogens is 5. The van der Waals surface area contributed by atoms with E-state index in [1.807, 2.05) is 42.5 Å². The highest BCUT2D eigenvalue weighted by atomic mass is 35.5. The van der Waals surface area contributed by atoms with E-state index in [1.54, 1.807) is 10.7 Å². The zero-order valence-corrected chi connectivity index (χ0v) is 26.5. The molecule has 0 aliphatic carbocycles. The Hall–Kier alpha value is -4.29. The highest BCUT2D eigenvalue weighted by Crippen LogP contribution is 2.48. The van der Waals surface area contributed by atoms with Crippen molar-refractivity contribution in [1.82, 2.24) is 24.8 Å². The molecule has 224 valence electrons. The fourth-order valence-corrected chi connectivity index (χ4v) is 6.33. The Morgan fingerprint density at radius 3 is 2.41 bits per heavy atom. The van der Waals surface area contributed by atoms with Crippen molar-refractivity contribution in [2.75, 3.05) is 11.4 Å². The molecule has 3 aromatic heterocycles. The van der Waals surface area contributed by atoms with Crippen LogP contribution in [0.15, 0.2) is 96.9 Å². The van der Waals surface area contributed by atoms with Gasteiger partial charge in [-0.3, -0.25) is 4.98 Å². The molecule has 6 nitrogen and oxygen atoms in total. The van der Waals surface area contributed by atoms with Crippen molar-refractivity contribution < 1.29 is 0 Å². The summed E-state index contributed by atoms with van der Waals surface area (Å²) in [5.74, 6) is 0.623. The van der Waals surface area contributed by atoms with Crippen LogP contribution in [0.5, 0.6) is 0 Å². The number of benzene rings is 2. The predicted molar refractivity (Wildman–Crippen MR) is 182 cm³/mol. The van der Waals surface area contributed by atoms with E-state index < -0.39 is 0 Å². The van der Waals surface area contributed by atoms with E-state index in [0.29, 0.717) is 11.5 Å². The second-order valence-electron chi connectivity index (χ2n) is 11.9. The summed E-state index contributed by atoms with van der Waals surface area (Å²) in [6.07, 6.45) is 17.9. The van der Waals surface area contributed by atoms with Crippen LogP contribution in [0.4, 0.5) is 5.69 Å². The Morgan fingerprint density at radius 2 is 1.61 bits per heavy atom. The standard InChI is InChI=1S/C37H39ClN6/c1-4-5-6-7-8-16-25-43-32-23-22-28(38)26-30(32)37(2,3)33(43)21-13-12-19-29-34(27-17-10-9-11-18-27)42-44-35(29)40-41-36(44)31-20-14-15-24-39-31/h9-15,17-24,26H,4-8,16,25H2,1-3H3/b13-12+,29-19-,33-21+. The molecule has 6 rings (SSSR count). The minimum absolute atomic E-state index is 0.165. The summed E-state index contributed by atoms with van der Waals surface area (Å²) in [6.45, 7) is 7.84. The van der Waals surface area contributed by atoms with Gasteiger partial charge in [0.05, 0.1) is 0 Å². The summed E-state index contributed by atoms with van der Waals surface area (Å²) in [6, 6.07) is 22.3. The quantitative estimate of drug-likeness (QED) is 0.142. The highest BCUT2D eigenvalue weighted by molar-refractivity contribution is 6.30. The fraction of sp³-hybridized carbons (Fsp3) is 0.297. The molecule has 0 amide bonds. The van der Waals surface area contributed by atoms with Gasteiger partial charge in [-0.25, -0.2) is 0 Å². The van der Waals surface area contributed by atoms with Gasteiger partial charge < -0.3 is 4.90 Å². The number of allylic oxidation sites excluding steroid dienone is 4. The van der Waals surface area contributed by atoms with Crippen LogP contribution in [0, 0.1) is 0 Å². The maximum Gasteiger partial charge on any atom is 0.203 e. The topological polar surface area (TPSA) is 59.2 Å². The molecule has 1 aliphatic heterocycles. The van der Waals surface area contributed by atoms with Gasteiger partial charge in [-0.1, -0.05) is 113 Å². The molecule has 2 aromatic carbocycles. The summed E-state index contributed by atoms with van der Waals surface area (Å²) in [7, 11) is 0. The highest BCUT2D eigenvalue weighted by Gasteiger charge is 2.39. The lowest BCUT2D eigenvalue weighted by Gasteiger charge is -2.27. The predicted octanol–water partition coefficient (Wildman–Crippen LogP) is 8.60. The van der Waals surface area contributed by atoms with Gasteiger partial charge in [-0.2, -0.15) is 9.61 Å². The molecule has 0 atom stereocenters. The molecule has 0 spiro atoms. The van der Waals surface area contributed by atoms with Gasteiger partial charge in [0.25, 0.3) is 0 Å². The Bertz CT molecular complexity index is 1840. The molecule has 1 aliphatic rings. The SMILES string of the molecule is CCCCCCCCN1/C(=C/C=C/C=c2/c(-c3ccccc3)nn3c(-c4ccccn4)nnc23)C(C)(C)c2cc(Cl)ccc21. The number of fused-ring (bicyclic) bond motifs is 2. The molecule has 0 radical (unpaired) electrons. The second-order valence-corrected chi connectivity index (χ2v) is 12.3. The van der Waals surface area contributed by atoms with Crippen LogP contribution < -0.4 is 10.1 Å². The fourth-order valence-electron chi connectivity index (χ4n) is 6.16. The number of unbranched alkanes of at least 4 members (excludes halogenated alkanes) is 5. The van der Waals surface area contributed by atoms with Crippen LogP contribution >= 0.6 is 11.6 Å². The average molecular weight is 603 g/mol. The minimum Gasteiger partial charge on any atom is -0.344 e. The molecule has 0 saturated carbocycles. The van der Waals surface area contributed by atoms with Crippen LogP contribution in [0.1, 0.15) is 64.9 Å². The Balaban J connectivity index is 1.35. The maximum atomic E-state index is 6.48. The van der Waals surface area contributed by atoms with Crippen LogP contribution in [0.2, 0.25) is 5.02 Å². The Labute approximate surface area is 264 Å². The van der Waals surface area contributed by atoms with E-state index in [2.05, 4.69) is 89.4 Å². The van der Waals surface area contributed by atoms with E-state index in [4.69, 9.17) is 16.7 Å². The van der Waals surface area contributed by atoms with Gasteiger partial charge in [0.1, 0.15) is 11.4 Å². The first-order valence-electron chi connectivity index (χ1n) is 15.7. The molecule has 0 N–H and O–H groups in total. The molecule has 0 unspecified atom stereocenters. The molecule has 7 heteroatoms. The van der Waals surface area contributed by atoms with Crippen LogP contribution in [-0.4, -0.2) is 31.3 Å². The molecule has 44 heavy (non-hydrogen) atoms. The maximum absolute atomic E-state index is 6.48. The first-order chi connectivity index (χ1) is 21.5. The van der Waals surface area contributed by atoms with E-state index >= 15 is 0 Å². The molecule has 0 bridgehead atoms. The number of rotatable bonds is 11. The zero-order chi connectivity index (χ0) is 30.5. The smallest absolute Gasteiger partial charge is 0.203 e. The second kappa shape index (κ2) is 13.1. The number of hydrogen-bond acceptors (Lipinski definition) is 5. The van der Waals surface area contributed by atoms with E-state index in [0.717, 1.165) is 40.2 Å². The normalized spacial score (nSPS) is 15.7. The monoisotopic (exact) mass is 602 g/mol. The van der Waals surface area contributed by atoms with E-state index in [-0.39, 0.29) is 5.41 Å². The molecular weight excluding hydrogens is 564 g/mol. The van der Waals surface area contributed by atoms with Crippen molar-refractivity contribution in [2.45, 2.75) is 64.7 Å². The van der Waals surface area contributed by atoms with Crippen molar-refractivity contribution in [3.8, 4) is 22.8 Å². The van der Waals surface area contributed by atoms with Crippen LogP contribution in [0.25, 0.3) is 34.5 Å². The number of halogens is 1. The third kappa shape index (κ3) is 5.91. The van der Waals surface area contributed by atoms with Gasteiger partial charge in [-0.15, -0.1) is 10.2 Å². The third-order valence-electron chi connectivity index (χ3n) is 8.50. The van der Waals surface area contributed by atoms with E-state index in [9.17, 15) is 0 Å². The molecule has 5 aromatic rings. The van der Waals surface area contributed by atoms with Gasteiger partial charge in [0.15, 0.2) is 5.65 Å². The summed E-state index contributed by atoms with van der Waals surface area (Å²) < 4.78 is 1.80. The number of anilines is 1. The van der Waals surface area contributed by atoms with Gasteiger partial charge in [-0.05, 0) is 54.5 Å². The lowest BCUT2D eigenvalue weighted by molar-refractivity contribution is 0.591. The van der Waals surface area contributed by atoms with Crippen LogP contribution in [0.3, 0.4) is 0 Å². The number of nitrogens with zero attached hydrogens (tertiary/aromatic N) is 6. The Kier molecular flexibility index (Phi) is 8.89. The summed E-state index contributed by atoms with van der Waals surface area (Å²) >= 11 is 6.48. The molecular formula is C37H39ClN6. The van der Waals surface area contributed by atoms with Crippen molar-refractivity contribution in [3.63, 3.8) is 0 Å². The number of pyridine rings is 1. The van der Waals surface area contributed by atoms with Crippen molar-refractivity contribution >= 4 is 29.0 Å². The summed E-state index contributed by atoms with van der Waals surface area (Å²) in [5.41, 5.74) is 6.97. The van der Waals surface area contributed by atoms with Crippen LogP contribution in [-0.2, 0) is 5.41 Å². The molecule has 0 fully saturated rings. The number of hydrogen-bond donors (Lipinski definition) is 0. The average Bonchev–Trinajstić information content (AvgIpc) is 3.67. The molecule has 4 heterocycles. The lowest BCUT2D eigenvalue weighted by atomic mass is 9.83. The van der Waals surface area contributed by atoms with Gasteiger partial charge in [0.2, 0.25) is 5.82 Å². The van der Waals surface area contributed by atoms with Gasteiger partial charge in [0, 0.05) is 45.3 Å². The summed E-state index contributed by atoms with van der Waals surface area (Å²) in [5, 5.41) is 15.6.